The minimum Gasteiger partial charge on any atom is -0.497 e. The topological polar surface area (TPSA) is 99.9 Å². The highest BCUT2D eigenvalue weighted by atomic mass is 16.5. The van der Waals surface area contributed by atoms with Gasteiger partial charge in [0.2, 0.25) is 5.89 Å². The second-order valence-electron chi connectivity index (χ2n) is 6.00. The Morgan fingerprint density at radius 2 is 1.72 bits per heavy atom. The molecule has 0 saturated carbocycles. The lowest BCUT2D eigenvalue weighted by molar-refractivity contribution is -0.146. The summed E-state index contributed by atoms with van der Waals surface area (Å²) in [7, 11) is 3.02. The lowest BCUT2D eigenvalue weighted by Crippen LogP contribution is -2.21. The Hall–Kier alpha value is -3.81. The van der Waals surface area contributed by atoms with Gasteiger partial charge in [-0.2, -0.15) is 0 Å². The Labute approximate surface area is 167 Å². The van der Waals surface area contributed by atoms with E-state index in [9.17, 15) is 9.59 Å². The van der Waals surface area contributed by atoms with Crippen molar-refractivity contribution in [3.8, 4) is 23.0 Å². The number of nitrogens with one attached hydrogen (secondary N) is 1. The molecule has 0 saturated heterocycles. The number of aromatic nitrogens is 1. The van der Waals surface area contributed by atoms with Gasteiger partial charge in [0.25, 0.3) is 5.91 Å². The van der Waals surface area contributed by atoms with Crippen LogP contribution in [0.25, 0.3) is 11.5 Å². The van der Waals surface area contributed by atoms with E-state index in [2.05, 4.69) is 10.3 Å². The van der Waals surface area contributed by atoms with Crippen LogP contribution in [0, 0.1) is 0 Å². The average Bonchev–Trinajstić information content (AvgIpc) is 3.21. The summed E-state index contributed by atoms with van der Waals surface area (Å²) < 4.78 is 20.7. The minimum atomic E-state index is -0.587. The summed E-state index contributed by atoms with van der Waals surface area (Å²) in [5.74, 6) is 0.391. The minimum absolute atomic E-state index is 0.101. The SMILES string of the molecule is COc1cc(NC(=O)COC(=O)Cc2coc(-c3ccccc3)n2)cc(OC)c1. The van der Waals surface area contributed by atoms with Crippen molar-refractivity contribution in [2.24, 2.45) is 0 Å². The van der Waals surface area contributed by atoms with Gasteiger partial charge in [-0.15, -0.1) is 0 Å². The molecule has 0 aliphatic rings. The van der Waals surface area contributed by atoms with Crippen LogP contribution in [0.2, 0.25) is 0 Å². The summed E-state index contributed by atoms with van der Waals surface area (Å²) in [5, 5.41) is 2.63. The number of ether oxygens (including phenoxy) is 3. The standard InChI is InChI=1S/C21H20N2O6/c1-26-17-8-15(9-18(11-17)27-2)22-19(24)13-28-20(25)10-16-12-29-21(23-16)14-6-4-3-5-7-14/h3-9,11-12H,10,13H2,1-2H3,(H,22,24). The zero-order valence-corrected chi connectivity index (χ0v) is 16.0. The normalized spacial score (nSPS) is 10.3. The molecule has 0 unspecified atom stereocenters. The molecule has 0 atom stereocenters. The average molecular weight is 396 g/mol. The van der Waals surface area contributed by atoms with Gasteiger partial charge in [-0.05, 0) is 12.1 Å². The number of methoxy groups -OCH3 is 2. The summed E-state index contributed by atoms with van der Waals surface area (Å²) >= 11 is 0. The zero-order valence-electron chi connectivity index (χ0n) is 16.0. The number of nitrogens with zero attached hydrogens (tertiary/aromatic N) is 1. The van der Waals surface area contributed by atoms with Crippen molar-refractivity contribution >= 4 is 17.6 Å². The molecule has 1 amide bonds. The molecule has 0 spiro atoms. The van der Waals surface area contributed by atoms with Gasteiger partial charge in [0.05, 0.1) is 26.3 Å². The molecule has 150 valence electrons. The number of carbonyl (C=O) groups is 2. The van der Waals surface area contributed by atoms with E-state index in [1.807, 2.05) is 30.3 Å². The Morgan fingerprint density at radius 1 is 1.03 bits per heavy atom. The molecule has 0 aliphatic carbocycles. The number of benzene rings is 2. The monoisotopic (exact) mass is 396 g/mol. The molecule has 3 rings (SSSR count). The highest BCUT2D eigenvalue weighted by molar-refractivity contribution is 5.93. The van der Waals surface area contributed by atoms with Crippen molar-refractivity contribution in [2.45, 2.75) is 6.42 Å². The van der Waals surface area contributed by atoms with Crippen molar-refractivity contribution in [3.63, 3.8) is 0 Å². The number of hydrogen-bond acceptors (Lipinski definition) is 7. The van der Waals surface area contributed by atoms with Crippen LogP contribution < -0.4 is 14.8 Å². The van der Waals surface area contributed by atoms with Crippen LogP contribution in [0.3, 0.4) is 0 Å². The summed E-state index contributed by atoms with van der Waals surface area (Å²) in [6, 6.07) is 14.3. The third-order valence-corrected chi connectivity index (χ3v) is 3.90. The van der Waals surface area contributed by atoms with Crippen LogP contribution >= 0.6 is 0 Å². The van der Waals surface area contributed by atoms with Crippen LogP contribution in [-0.2, 0) is 20.7 Å². The Balaban J connectivity index is 1.51. The van der Waals surface area contributed by atoms with E-state index in [0.29, 0.717) is 28.8 Å². The van der Waals surface area contributed by atoms with E-state index in [4.69, 9.17) is 18.6 Å². The molecular weight excluding hydrogens is 376 g/mol. The van der Waals surface area contributed by atoms with Gasteiger partial charge in [0.15, 0.2) is 6.61 Å². The van der Waals surface area contributed by atoms with Crippen LogP contribution in [0.1, 0.15) is 5.69 Å². The second-order valence-corrected chi connectivity index (χ2v) is 6.00. The number of carbonyl (C=O) groups excluding carboxylic acids is 2. The first-order chi connectivity index (χ1) is 14.1. The predicted octanol–water partition coefficient (Wildman–Crippen LogP) is 3.08. The number of amides is 1. The molecule has 8 nitrogen and oxygen atoms in total. The van der Waals surface area contributed by atoms with Crippen LogP contribution in [-0.4, -0.2) is 37.7 Å². The van der Waals surface area contributed by atoms with Gasteiger partial charge < -0.3 is 23.9 Å². The van der Waals surface area contributed by atoms with Gasteiger partial charge in [-0.3, -0.25) is 9.59 Å². The molecule has 3 aromatic rings. The molecule has 1 aromatic heterocycles. The second kappa shape index (κ2) is 9.41. The van der Waals surface area contributed by atoms with E-state index in [1.165, 1.54) is 20.5 Å². The first-order valence-electron chi connectivity index (χ1n) is 8.75. The fourth-order valence-corrected chi connectivity index (χ4v) is 2.52. The van der Waals surface area contributed by atoms with E-state index >= 15 is 0 Å². The molecule has 1 heterocycles. The molecule has 8 heteroatoms. The summed E-state index contributed by atoms with van der Waals surface area (Å²) in [6.45, 7) is -0.429. The molecule has 2 aromatic carbocycles. The van der Waals surface area contributed by atoms with Crippen molar-refractivity contribution < 1.29 is 28.2 Å². The maximum Gasteiger partial charge on any atom is 0.312 e. The molecular formula is C21H20N2O6. The molecule has 0 bridgehead atoms. The van der Waals surface area contributed by atoms with Gasteiger partial charge in [0.1, 0.15) is 17.8 Å². The third-order valence-electron chi connectivity index (χ3n) is 3.90. The van der Waals surface area contributed by atoms with Gasteiger partial charge in [-0.25, -0.2) is 4.98 Å². The van der Waals surface area contributed by atoms with E-state index in [0.717, 1.165) is 5.56 Å². The van der Waals surface area contributed by atoms with Gasteiger partial charge in [-0.1, -0.05) is 18.2 Å². The number of rotatable bonds is 8. The highest BCUT2D eigenvalue weighted by Gasteiger charge is 2.13. The largest absolute Gasteiger partial charge is 0.497 e. The number of oxazole rings is 1. The van der Waals surface area contributed by atoms with Crippen molar-refractivity contribution in [2.75, 3.05) is 26.1 Å². The first kappa shape index (κ1) is 19.9. The number of hydrogen-bond donors (Lipinski definition) is 1. The van der Waals surface area contributed by atoms with E-state index in [1.54, 1.807) is 18.2 Å². The number of esters is 1. The maximum atomic E-state index is 12.1. The smallest absolute Gasteiger partial charge is 0.312 e. The summed E-state index contributed by atoms with van der Waals surface area (Å²) in [5.41, 5.74) is 1.69. The predicted molar refractivity (Wildman–Crippen MR) is 105 cm³/mol. The fraction of sp³-hybridized carbons (Fsp3) is 0.190. The Bertz CT molecular complexity index is 962. The van der Waals surface area contributed by atoms with Crippen LogP contribution in [0.4, 0.5) is 5.69 Å². The molecule has 29 heavy (non-hydrogen) atoms. The first-order valence-corrected chi connectivity index (χ1v) is 8.75. The lowest BCUT2D eigenvalue weighted by atomic mass is 10.2. The zero-order chi connectivity index (χ0) is 20.6. The number of anilines is 1. The summed E-state index contributed by atoms with van der Waals surface area (Å²) in [4.78, 5) is 28.3. The quantitative estimate of drug-likeness (QED) is 0.584. The maximum absolute atomic E-state index is 12.1. The van der Waals surface area contributed by atoms with Crippen molar-refractivity contribution in [1.29, 1.82) is 0 Å². The van der Waals surface area contributed by atoms with Gasteiger partial charge in [0, 0.05) is 29.4 Å². The van der Waals surface area contributed by atoms with Crippen LogP contribution in [0.15, 0.2) is 59.2 Å². The van der Waals surface area contributed by atoms with Crippen LogP contribution in [0.5, 0.6) is 11.5 Å². The Kier molecular flexibility index (Phi) is 6.47. The lowest BCUT2D eigenvalue weighted by Gasteiger charge is -2.10. The van der Waals surface area contributed by atoms with Crippen molar-refractivity contribution in [3.05, 3.63) is 60.5 Å². The fourth-order valence-electron chi connectivity index (χ4n) is 2.52. The summed E-state index contributed by atoms with van der Waals surface area (Å²) in [6.07, 6.45) is 1.29. The molecule has 0 aliphatic heterocycles. The third kappa shape index (κ3) is 5.58. The molecule has 0 radical (unpaired) electrons. The Morgan fingerprint density at radius 3 is 2.38 bits per heavy atom. The van der Waals surface area contributed by atoms with Gasteiger partial charge >= 0.3 is 5.97 Å². The van der Waals surface area contributed by atoms with Crippen molar-refractivity contribution in [1.82, 2.24) is 4.98 Å². The highest BCUT2D eigenvalue weighted by Crippen LogP contribution is 2.25. The molecule has 1 N–H and O–H groups in total. The molecule has 0 fully saturated rings. The van der Waals surface area contributed by atoms with E-state index in [-0.39, 0.29) is 6.42 Å². The van der Waals surface area contributed by atoms with E-state index < -0.39 is 18.5 Å².